The molecule has 2 aromatic carbocycles. The highest BCUT2D eigenvalue weighted by Crippen LogP contribution is 2.27. The minimum atomic E-state index is -0.228. The molecular weight excluding hydrogens is 550 g/mol. The Kier molecular flexibility index (Phi) is 9.07. The molecule has 1 saturated heterocycles. The smallest absolute Gasteiger partial charge is 0.255 e. The Morgan fingerprint density at radius 1 is 1.00 bits per heavy atom. The predicted octanol–water partition coefficient (Wildman–Crippen LogP) is 4.78. The van der Waals surface area contributed by atoms with Gasteiger partial charge in [-0.05, 0) is 61.4 Å². The topological polar surface area (TPSA) is 110 Å². The molecule has 2 aliphatic rings. The molecule has 44 heavy (non-hydrogen) atoms. The van der Waals surface area contributed by atoms with E-state index in [4.69, 9.17) is 10.5 Å². The molecule has 4 atom stereocenters. The number of carbonyl (C=O) groups excluding carboxylic acids is 1. The van der Waals surface area contributed by atoms with Gasteiger partial charge in [0.1, 0.15) is 5.82 Å². The predicted molar refractivity (Wildman–Crippen MR) is 174 cm³/mol. The number of aryl methyl sites for hydroxylation is 1. The fourth-order valence-corrected chi connectivity index (χ4v) is 6.27. The number of benzene rings is 2. The van der Waals surface area contributed by atoms with Crippen LogP contribution in [0.25, 0.3) is 22.3 Å². The molecule has 9 heteroatoms. The number of hydrogen-bond acceptors (Lipinski definition) is 7. The van der Waals surface area contributed by atoms with Crippen molar-refractivity contribution in [3.8, 4) is 22.3 Å². The number of nitrogens with one attached hydrogen (secondary N) is 2. The summed E-state index contributed by atoms with van der Waals surface area (Å²) < 4.78 is 8.05. The van der Waals surface area contributed by atoms with Gasteiger partial charge in [-0.25, -0.2) is 4.98 Å². The quantitative estimate of drug-likeness (QED) is 0.256. The fraction of sp³-hybridized carbons (Fsp3) is 0.400. The number of rotatable bonds is 9. The second kappa shape index (κ2) is 13.3. The molecule has 1 saturated carbocycles. The summed E-state index contributed by atoms with van der Waals surface area (Å²) in [5, 5.41) is 10.9. The fourth-order valence-electron chi connectivity index (χ4n) is 6.27. The SMILES string of the molecule is CC1CN(Cc2ccc(-c3ccc(CO[C@H]4CCC[C@@H]4NC(=O)c4cc(-c5cnn(C)c5)cnc4N)cc3)cc2)[C@H](C)CN1. The third kappa shape index (κ3) is 7.01. The van der Waals surface area contributed by atoms with E-state index in [0.717, 1.165) is 55.6 Å². The first-order chi connectivity index (χ1) is 21.3. The Hall–Kier alpha value is -4.05. The number of amides is 1. The minimum Gasteiger partial charge on any atom is -0.383 e. The molecule has 4 aromatic rings. The zero-order chi connectivity index (χ0) is 30.6. The molecule has 0 radical (unpaired) electrons. The number of nitrogens with zero attached hydrogens (tertiary/aromatic N) is 4. The maximum atomic E-state index is 13.2. The van der Waals surface area contributed by atoms with E-state index in [1.807, 2.05) is 13.2 Å². The van der Waals surface area contributed by atoms with Crippen molar-refractivity contribution in [3.05, 3.63) is 89.9 Å². The van der Waals surface area contributed by atoms with Gasteiger partial charge in [-0.2, -0.15) is 5.10 Å². The number of pyridine rings is 1. The highest BCUT2D eigenvalue weighted by atomic mass is 16.5. The largest absolute Gasteiger partial charge is 0.383 e. The Labute approximate surface area is 259 Å². The highest BCUT2D eigenvalue weighted by Gasteiger charge is 2.30. The van der Waals surface area contributed by atoms with Gasteiger partial charge < -0.3 is 21.1 Å². The molecule has 4 N–H and O–H groups in total. The first-order valence-electron chi connectivity index (χ1n) is 15.6. The number of nitrogen functional groups attached to an aromatic ring is 1. The number of piperazine rings is 1. The molecule has 1 aliphatic carbocycles. The summed E-state index contributed by atoms with van der Waals surface area (Å²) in [6.07, 6.45) is 8.02. The van der Waals surface area contributed by atoms with Crippen molar-refractivity contribution in [3.63, 3.8) is 0 Å². The van der Waals surface area contributed by atoms with Crippen molar-refractivity contribution in [2.24, 2.45) is 7.05 Å². The van der Waals surface area contributed by atoms with Crippen LogP contribution in [0.1, 0.15) is 54.6 Å². The summed E-state index contributed by atoms with van der Waals surface area (Å²) >= 11 is 0. The van der Waals surface area contributed by atoms with Crippen LogP contribution in [-0.2, 0) is 24.9 Å². The maximum Gasteiger partial charge on any atom is 0.255 e. The van der Waals surface area contributed by atoms with Crippen LogP contribution in [0.2, 0.25) is 0 Å². The normalized spacial score (nSPS) is 22.2. The van der Waals surface area contributed by atoms with E-state index in [0.29, 0.717) is 24.3 Å². The van der Waals surface area contributed by atoms with Crippen molar-refractivity contribution >= 4 is 11.7 Å². The van der Waals surface area contributed by atoms with Gasteiger partial charge in [-0.15, -0.1) is 0 Å². The summed E-state index contributed by atoms with van der Waals surface area (Å²) in [5.74, 6) is -0.0160. The maximum absolute atomic E-state index is 13.2. The molecule has 1 amide bonds. The molecule has 6 rings (SSSR count). The van der Waals surface area contributed by atoms with Gasteiger partial charge in [-0.3, -0.25) is 14.4 Å². The Bertz CT molecular complexity index is 1570. The van der Waals surface area contributed by atoms with Gasteiger partial charge in [0.05, 0.1) is 30.5 Å². The van der Waals surface area contributed by atoms with Gasteiger partial charge in [0.25, 0.3) is 5.91 Å². The van der Waals surface area contributed by atoms with Gasteiger partial charge in [-0.1, -0.05) is 48.5 Å². The van der Waals surface area contributed by atoms with Crippen molar-refractivity contribution < 1.29 is 9.53 Å². The first-order valence-corrected chi connectivity index (χ1v) is 15.6. The Balaban J connectivity index is 1.03. The van der Waals surface area contributed by atoms with E-state index in [1.165, 1.54) is 16.7 Å². The van der Waals surface area contributed by atoms with Crippen LogP contribution in [-0.4, -0.2) is 62.9 Å². The van der Waals surface area contributed by atoms with Crippen molar-refractivity contribution in [2.75, 3.05) is 18.8 Å². The first kappa shape index (κ1) is 30.0. The molecule has 9 nitrogen and oxygen atoms in total. The van der Waals surface area contributed by atoms with Crippen LogP contribution in [0.3, 0.4) is 0 Å². The van der Waals surface area contributed by atoms with Crippen LogP contribution in [0.15, 0.2) is 73.2 Å². The zero-order valence-corrected chi connectivity index (χ0v) is 25.9. The second-order valence-corrected chi connectivity index (χ2v) is 12.4. The third-order valence-electron chi connectivity index (χ3n) is 8.95. The average Bonchev–Trinajstić information content (AvgIpc) is 3.67. The molecule has 230 valence electrons. The molecule has 2 aromatic heterocycles. The Morgan fingerprint density at radius 2 is 1.73 bits per heavy atom. The lowest BCUT2D eigenvalue weighted by Crippen LogP contribution is -2.53. The van der Waals surface area contributed by atoms with Gasteiger partial charge in [0, 0.05) is 62.3 Å². The molecule has 0 bridgehead atoms. The third-order valence-corrected chi connectivity index (χ3v) is 8.95. The van der Waals surface area contributed by atoms with E-state index in [1.54, 1.807) is 23.1 Å². The summed E-state index contributed by atoms with van der Waals surface area (Å²) in [5.41, 5.74) is 13.0. The average molecular weight is 594 g/mol. The van der Waals surface area contributed by atoms with E-state index >= 15 is 0 Å². The molecule has 0 spiro atoms. The van der Waals surface area contributed by atoms with Crippen molar-refractivity contribution in [1.29, 1.82) is 0 Å². The second-order valence-electron chi connectivity index (χ2n) is 12.4. The number of aromatic nitrogens is 3. The number of carbonyl (C=O) groups is 1. The van der Waals surface area contributed by atoms with Gasteiger partial charge in [0.15, 0.2) is 0 Å². The summed E-state index contributed by atoms with van der Waals surface area (Å²) in [6.45, 7) is 8.14. The molecule has 2 fully saturated rings. The standard InChI is InChI=1S/C35H43N7O2/c1-23-19-42(24(2)16-37-23)20-25-7-11-27(12-8-25)28-13-9-26(10-14-28)22-44-33-6-4-5-32(33)40-35(43)31-15-29(17-38-34(31)36)30-18-39-41(3)21-30/h7-15,17-18,21,23-24,32-33,37H,4-6,16,19-20,22H2,1-3H3,(H2,36,38)(H,40,43)/t23?,24-,32+,33+/m1/s1. The highest BCUT2D eigenvalue weighted by molar-refractivity contribution is 5.99. The van der Waals surface area contributed by atoms with Crippen LogP contribution >= 0.6 is 0 Å². The summed E-state index contributed by atoms with van der Waals surface area (Å²) in [6, 6.07) is 20.3. The number of hydrogen-bond donors (Lipinski definition) is 3. The number of anilines is 1. The number of ether oxygens (including phenoxy) is 1. The lowest BCUT2D eigenvalue weighted by atomic mass is 10.0. The lowest BCUT2D eigenvalue weighted by Gasteiger charge is -2.37. The van der Waals surface area contributed by atoms with Crippen molar-refractivity contribution in [2.45, 2.75) is 70.5 Å². The molecule has 1 aliphatic heterocycles. The molecule has 3 heterocycles. The van der Waals surface area contributed by atoms with E-state index in [-0.39, 0.29) is 23.9 Å². The van der Waals surface area contributed by atoms with E-state index < -0.39 is 0 Å². The van der Waals surface area contributed by atoms with Crippen LogP contribution in [0.4, 0.5) is 5.82 Å². The number of nitrogens with two attached hydrogens (primary N) is 1. The van der Waals surface area contributed by atoms with Crippen LogP contribution in [0, 0.1) is 0 Å². The van der Waals surface area contributed by atoms with Crippen LogP contribution < -0.4 is 16.4 Å². The monoisotopic (exact) mass is 593 g/mol. The summed E-state index contributed by atoms with van der Waals surface area (Å²) in [7, 11) is 1.85. The van der Waals surface area contributed by atoms with Gasteiger partial charge in [0.2, 0.25) is 0 Å². The molecular formula is C35H43N7O2. The summed E-state index contributed by atoms with van der Waals surface area (Å²) in [4.78, 5) is 20.1. The molecule has 1 unspecified atom stereocenters. The minimum absolute atomic E-state index is 0.0525. The lowest BCUT2D eigenvalue weighted by molar-refractivity contribution is 0.0272. The van der Waals surface area contributed by atoms with E-state index in [2.05, 4.69) is 88.0 Å². The van der Waals surface area contributed by atoms with Gasteiger partial charge >= 0.3 is 0 Å². The van der Waals surface area contributed by atoms with E-state index in [9.17, 15) is 4.79 Å². The van der Waals surface area contributed by atoms with Crippen molar-refractivity contribution in [1.82, 2.24) is 30.3 Å². The van der Waals surface area contributed by atoms with Crippen LogP contribution in [0.5, 0.6) is 0 Å². The Morgan fingerprint density at radius 3 is 2.43 bits per heavy atom. The zero-order valence-electron chi connectivity index (χ0n) is 25.9.